The Morgan fingerprint density at radius 2 is 1.85 bits per heavy atom. The highest BCUT2D eigenvalue weighted by atomic mass is 16.5. The van der Waals surface area contributed by atoms with Crippen LogP contribution >= 0.6 is 0 Å². The number of esters is 1. The van der Waals surface area contributed by atoms with Gasteiger partial charge in [-0.05, 0) is 24.3 Å². The summed E-state index contributed by atoms with van der Waals surface area (Å²) in [4.78, 5) is 35.9. The van der Waals surface area contributed by atoms with Gasteiger partial charge < -0.3 is 14.5 Å². The van der Waals surface area contributed by atoms with E-state index in [1.165, 1.54) is 0 Å². The average molecular weight is 348 g/mol. The first-order chi connectivity index (χ1) is 12.6. The van der Waals surface area contributed by atoms with E-state index in [9.17, 15) is 14.4 Å². The number of nitriles is 1. The molecule has 1 heterocycles. The van der Waals surface area contributed by atoms with E-state index in [4.69, 9.17) is 14.4 Å². The third-order valence-electron chi connectivity index (χ3n) is 3.49. The average Bonchev–Trinajstić information content (AvgIpc) is 2.66. The van der Waals surface area contributed by atoms with Crippen LogP contribution in [0.4, 0.5) is 5.69 Å². The van der Waals surface area contributed by atoms with Gasteiger partial charge in [0.05, 0.1) is 16.6 Å². The van der Waals surface area contributed by atoms with E-state index < -0.39 is 18.5 Å². The second-order valence-corrected chi connectivity index (χ2v) is 5.25. The normalized spacial score (nSPS) is 10.1. The molecule has 1 N–H and O–H groups in total. The molecule has 0 saturated heterocycles. The first-order valence-electron chi connectivity index (χ1n) is 7.57. The van der Waals surface area contributed by atoms with E-state index in [1.54, 1.807) is 48.5 Å². The van der Waals surface area contributed by atoms with Crippen LogP contribution in [0.5, 0.6) is 0 Å². The number of hydrogen-bond acceptors (Lipinski definition) is 6. The SMILES string of the molecule is N#Cc1ccccc1NC(=O)COC(=O)c1cc(=O)c2ccccc2o1. The van der Waals surface area contributed by atoms with Gasteiger partial charge in [-0.1, -0.05) is 24.3 Å². The molecule has 0 aliphatic heterocycles. The maximum absolute atomic E-state index is 12.0. The quantitative estimate of drug-likeness (QED) is 0.725. The van der Waals surface area contributed by atoms with E-state index in [0.717, 1.165) is 6.07 Å². The number of nitrogens with one attached hydrogen (secondary N) is 1. The van der Waals surface area contributed by atoms with Crippen molar-refractivity contribution in [3.05, 3.63) is 76.1 Å². The van der Waals surface area contributed by atoms with Crippen molar-refractivity contribution in [1.82, 2.24) is 0 Å². The molecule has 0 aliphatic carbocycles. The summed E-state index contributed by atoms with van der Waals surface area (Å²) in [6.45, 7) is -0.588. The molecule has 0 unspecified atom stereocenters. The molecule has 3 rings (SSSR count). The fourth-order valence-corrected chi connectivity index (χ4v) is 2.28. The zero-order chi connectivity index (χ0) is 18.5. The van der Waals surface area contributed by atoms with Crippen molar-refractivity contribution >= 4 is 28.5 Å². The second-order valence-electron chi connectivity index (χ2n) is 5.25. The maximum Gasteiger partial charge on any atom is 0.374 e. The summed E-state index contributed by atoms with van der Waals surface area (Å²) in [6.07, 6.45) is 0. The van der Waals surface area contributed by atoms with Crippen LogP contribution in [0.2, 0.25) is 0 Å². The molecule has 2 aromatic carbocycles. The molecule has 128 valence electrons. The zero-order valence-corrected chi connectivity index (χ0v) is 13.4. The Morgan fingerprint density at radius 3 is 2.65 bits per heavy atom. The fraction of sp³-hybridized carbons (Fsp3) is 0.0526. The van der Waals surface area contributed by atoms with Gasteiger partial charge in [0.25, 0.3) is 5.91 Å². The number of carbonyl (C=O) groups excluding carboxylic acids is 2. The fourth-order valence-electron chi connectivity index (χ4n) is 2.28. The lowest BCUT2D eigenvalue weighted by Crippen LogP contribution is -2.21. The van der Waals surface area contributed by atoms with Crippen LogP contribution in [-0.4, -0.2) is 18.5 Å². The van der Waals surface area contributed by atoms with Gasteiger partial charge in [0.1, 0.15) is 11.7 Å². The van der Waals surface area contributed by atoms with Crippen molar-refractivity contribution in [1.29, 1.82) is 5.26 Å². The van der Waals surface area contributed by atoms with Gasteiger partial charge in [0.2, 0.25) is 5.76 Å². The Balaban J connectivity index is 1.68. The standard InChI is InChI=1S/C19H12N2O5/c20-10-12-5-1-3-7-14(12)21-18(23)11-25-19(24)17-9-15(22)13-6-2-4-8-16(13)26-17/h1-9H,11H2,(H,21,23). The molecule has 1 amide bonds. The number of carbonyl (C=O) groups is 2. The Bertz CT molecular complexity index is 1090. The molecule has 1 aromatic heterocycles. The van der Waals surface area contributed by atoms with E-state index >= 15 is 0 Å². The van der Waals surface area contributed by atoms with Gasteiger partial charge >= 0.3 is 5.97 Å². The Labute approximate surface area is 147 Å². The van der Waals surface area contributed by atoms with Crippen LogP contribution in [0.25, 0.3) is 11.0 Å². The molecule has 0 atom stereocenters. The minimum atomic E-state index is -0.934. The van der Waals surface area contributed by atoms with E-state index in [2.05, 4.69) is 5.32 Å². The number of anilines is 1. The Kier molecular flexibility index (Phi) is 4.76. The highest BCUT2D eigenvalue weighted by Gasteiger charge is 2.16. The molecule has 7 nitrogen and oxygen atoms in total. The number of nitrogens with zero attached hydrogens (tertiary/aromatic N) is 1. The van der Waals surface area contributed by atoms with Gasteiger partial charge in [-0.15, -0.1) is 0 Å². The lowest BCUT2D eigenvalue weighted by atomic mass is 10.2. The molecule has 0 spiro atoms. The molecule has 26 heavy (non-hydrogen) atoms. The lowest BCUT2D eigenvalue weighted by molar-refractivity contribution is -0.119. The molecule has 0 radical (unpaired) electrons. The summed E-state index contributed by atoms with van der Waals surface area (Å²) in [5.74, 6) is -1.85. The Morgan fingerprint density at radius 1 is 1.12 bits per heavy atom. The summed E-state index contributed by atoms with van der Waals surface area (Å²) in [6, 6.07) is 15.9. The van der Waals surface area contributed by atoms with Gasteiger partial charge in [0.15, 0.2) is 12.0 Å². The smallest absolute Gasteiger partial charge is 0.374 e. The molecule has 3 aromatic rings. The van der Waals surface area contributed by atoms with E-state index in [1.807, 2.05) is 6.07 Å². The van der Waals surface area contributed by atoms with Gasteiger partial charge in [-0.25, -0.2) is 4.79 Å². The monoisotopic (exact) mass is 348 g/mol. The molecule has 0 saturated carbocycles. The number of rotatable bonds is 4. The van der Waals surface area contributed by atoms with Crippen LogP contribution in [0.3, 0.4) is 0 Å². The molecule has 7 heteroatoms. The van der Waals surface area contributed by atoms with Crippen molar-refractivity contribution in [2.75, 3.05) is 11.9 Å². The van der Waals surface area contributed by atoms with E-state index in [-0.39, 0.29) is 22.3 Å². The number of amides is 1. The van der Waals surface area contributed by atoms with Gasteiger partial charge in [-0.2, -0.15) is 5.26 Å². The highest BCUT2D eigenvalue weighted by molar-refractivity contribution is 5.95. The minimum absolute atomic E-state index is 0.249. The first-order valence-corrected chi connectivity index (χ1v) is 7.57. The Hall–Kier alpha value is -3.92. The predicted octanol–water partition coefficient (Wildman–Crippen LogP) is 2.46. The molecule has 0 aliphatic rings. The van der Waals surface area contributed by atoms with E-state index in [0.29, 0.717) is 11.1 Å². The van der Waals surface area contributed by atoms with Crippen molar-refractivity contribution in [2.24, 2.45) is 0 Å². The number of para-hydroxylation sites is 2. The molecular formula is C19H12N2O5. The van der Waals surface area contributed by atoms with Crippen LogP contribution in [-0.2, 0) is 9.53 Å². The third kappa shape index (κ3) is 3.60. The first kappa shape index (κ1) is 16.9. The van der Waals surface area contributed by atoms with Crippen LogP contribution in [0.15, 0.2) is 63.8 Å². The summed E-state index contributed by atoms with van der Waals surface area (Å²) < 4.78 is 10.2. The molecular weight excluding hydrogens is 336 g/mol. The summed E-state index contributed by atoms with van der Waals surface area (Å²) in [5.41, 5.74) is 0.464. The van der Waals surface area contributed by atoms with Crippen molar-refractivity contribution in [3.63, 3.8) is 0 Å². The third-order valence-corrected chi connectivity index (χ3v) is 3.49. The van der Waals surface area contributed by atoms with Crippen molar-refractivity contribution in [2.45, 2.75) is 0 Å². The lowest BCUT2D eigenvalue weighted by Gasteiger charge is -2.07. The van der Waals surface area contributed by atoms with Crippen molar-refractivity contribution in [3.8, 4) is 6.07 Å². The van der Waals surface area contributed by atoms with Gasteiger partial charge in [0, 0.05) is 6.07 Å². The van der Waals surface area contributed by atoms with Gasteiger partial charge in [-0.3, -0.25) is 9.59 Å². The van der Waals surface area contributed by atoms with Crippen LogP contribution < -0.4 is 10.7 Å². The molecule has 0 fully saturated rings. The van der Waals surface area contributed by atoms with Crippen LogP contribution in [0, 0.1) is 11.3 Å². The number of ether oxygens (including phenoxy) is 1. The highest BCUT2D eigenvalue weighted by Crippen LogP contribution is 2.14. The topological polar surface area (TPSA) is 109 Å². The predicted molar refractivity (Wildman–Crippen MR) is 92.6 cm³/mol. The molecule has 0 bridgehead atoms. The summed E-state index contributed by atoms with van der Waals surface area (Å²) in [7, 11) is 0. The minimum Gasteiger partial charge on any atom is -0.450 e. The number of fused-ring (bicyclic) bond motifs is 1. The van der Waals surface area contributed by atoms with Crippen molar-refractivity contribution < 1.29 is 18.7 Å². The largest absolute Gasteiger partial charge is 0.450 e. The summed E-state index contributed by atoms with van der Waals surface area (Å²) >= 11 is 0. The van der Waals surface area contributed by atoms with Crippen LogP contribution in [0.1, 0.15) is 16.1 Å². The number of hydrogen-bond donors (Lipinski definition) is 1. The summed E-state index contributed by atoms with van der Waals surface area (Å²) in [5, 5.41) is 11.8. The number of benzene rings is 2. The maximum atomic E-state index is 12.0. The second kappa shape index (κ2) is 7.32. The zero-order valence-electron chi connectivity index (χ0n) is 13.4.